The van der Waals surface area contributed by atoms with Crippen molar-refractivity contribution in [1.82, 2.24) is 10.2 Å². The number of piperidine rings is 1. The standard InChI is InChI=1S/C15H32N2OS/c1-5-10-17-11-6-7-15(12-17)14(3)16-9-8-13(2)19(4)18/h13-16H,5-12H2,1-4H3. The molecule has 0 amide bonds. The van der Waals surface area contributed by atoms with Gasteiger partial charge in [0.05, 0.1) is 0 Å². The molecule has 0 spiro atoms. The Kier molecular flexibility index (Phi) is 8.19. The summed E-state index contributed by atoms with van der Waals surface area (Å²) in [6.07, 6.45) is 6.76. The highest BCUT2D eigenvalue weighted by molar-refractivity contribution is 7.84. The molecule has 0 radical (unpaired) electrons. The van der Waals surface area contributed by atoms with Crippen molar-refractivity contribution in [2.75, 3.05) is 32.4 Å². The van der Waals surface area contributed by atoms with Crippen LogP contribution in [-0.2, 0) is 10.8 Å². The smallest absolute Gasteiger partial charge is 0.0329 e. The van der Waals surface area contributed by atoms with Crippen LogP contribution in [0.3, 0.4) is 0 Å². The summed E-state index contributed by atoms with van der Waals surface area (Å²) in [5, 5.41) is 3.95. The van der Waals surface area contributed by atoms with Crippen molar-refractivity contribution in [3.05, 3.63) is 0 Å². The number of nitrogens with one attached hydrogen (secondary N) is 1. The molecular weight excluding hydrogens is 256 g/mol. The first-order chi connectivity index (χ1) is 9.04. The molecule has 1 rings (SSSR count). The maximum absolute atomic E-state index is 11.3. The molecule has 3 nitrogen and oxygen atoms in total. The third-order valence-electron chi connectivity index (χ3n) is 4.37. The Hall–Kier alpha value is 0.0700. The van der Waals surface area contributed by atoms with Crippen molar-refractivity contribution in [3.63, 3.8) is 0 Å². The van der Waals surface area contributed by atoms with E-state index in [2.05, 4.69) is 31.0 Å². The quantitative estimate of drug-likeness (QED) is 0.743. The van der Waals surface area contributed by atoms with Crippen LogP contribution in [0, 0.1) is 5.92 Å². The lowest BCUT2D eigenvalue weighted by molar-refractivity contribution is 0.151. The monoisotopic (exact) mass is 288 g/mol. The Morgan fingerprint density at radius 3 is 2.79 bits per heavy atom. The largest absolute Gasteiger partial charge is 0.314 e. The second-order valence-corrected chi connectivity index (χ2v) is 7.85. The van der Waals surface area contributed by atoms with Crippen LogP contribution >= 0.6 is 0 Å². The predicted octanol–water partition coefficient (Wildman–Crippen LogP) is 2.24. The van der Waals surface area contributed by atoms with Crippen LogP contribution < -0.4 is 5.32 Å². The van der Waals surface area contributed by atoms with Gasteiger partial charge >= 0.3 is 0 Å². The molecule has 1 fully saturated rings. The summed E-state index contributed by atoms with van der Waals surface area (Å²) in [4.78, 5) is 2.61. The first-order valence-electron chi connectivity index (χ1n) is 7.82. The second-order valence-electron chi connectivity index (χ2n) is 6.04. The molecule has 1 heterocycles. The van der Waals surface area contributed by atoms with Crippen molar-refractivity contribution in [3.8, 4) is 0 Å². The van der Waals surface area contributed by atoms with E-state index < -0.39 is 10.8 Å². The molecule has 4 atom stereocenters. The van der Waals surface area contributed by atoms with E-state index in [1.165, 1.54) is 38.9 Å². The molecule has 0 aromatic heterocycles. The summed E-state index contributed by atoms with van der Waals surface area (Å²) < 4.78 is 11.3. The molecule has 1 saturated heterocycles. The summed E-state index contributed by atoms with van der Waals surface area (Å²) in [5.74, 6) is 0.780. The number of hydrogen-bond acceptors (Lipinski definition) is 3. The van der Waals surface area contributed by atoms with E-state index in [9.17, 15) is 4.21 Å². The van der Waals surface area contributed by atoms with E-state index in [4.69, 9.17) is 0 Å². The molecule has 4 unspecified atom stereocenters. The fourth-order valence-electron chi connectivity index (χ4n) is 2.87. The normalized spacial score (nSPS) is 26.0. The lowest BCUT2D eigenvalue weighted by Crippen LogP contribution is -2.45. The van der Waals surface area contributed by atoms with Gasteiger partial charge in [-0.15, -0.1) is 0 Å². The van der Waals surface area contributed by atoms with Crippen LogP contribution in [0.5, 0.6) is 0 Å². The molecule has 1 aliphatic rings. The average molecular weight is 289 g/mol. The summed E-state index contributed by atoms with van der Waals surface area (Å²) >= 11 is 0. The molecule has 19 heavy (non-hydrogen) atoms. The highest BCUT2D eigenvalue weighted by atomic mass is 32.2. The lowest BCUT2D eigenvalue weighted by atomic mass is 9.91. The van der Waals surface area contributed by atoms with E-state index in [0.29, 0.717) is 11.3 Å². The summed E-state index contributed by atoms with van der Waals surface area (Å²) in [7, 11) is -0.686. The van der Waals surface area contributed by atoms with Crippen LogP contribution in [0.4, 0.5) is 0 Å². The zero-order valence-electron chi connectivity index (χ0n) is 13.2. The second kappa shape index (κ2) is 9.09. The maximum Gasteiger partial charge on any atom is 0.0329 e. The van der Waals surface area contributed by atoms with Crippen molar-refractivity contribution >= 4 is 10.8 Å². The van der Waals surface area contributed by atoms with Crippen LogP contribution in [-0.4, -0.2) is 52.8 Å². The fraction of sp³-hybridized carbons (Fsp3) is 1.00. The third-order valence-corrected chi connectivity index (χ3v) is 5.74. The average Bonchev–Trinajstić information content (AvgIpc) is 2.39. The Bertz CT molecular complexity index is 271. The molecule has 0 aromatic carbocycles. The van der Waals surface area contributed by atoms with Gasteiger partial charge in [-0.1, -0.05) is 13.8 Å². The SMILES string of the molecule is CCCN1CCCC(C(C)NCCC(C)S(C)=O)C1. The van der Waals surface area contributed by atoms with Gasteiger partial charge in [-0.05, 0) is 58.2 Å². The van der Waals surface area contributed by atoms with Gasteiger partial charge in [0.15, 0.2) is 0 Å². The van der Waals surface area contributed by atoms with Gasteiger partial charge in [-0.25, -0.2) is 0 Å². The number of hydrogen-bond donors (Lipinski definition) is 1. The highest BCUT2D eigenvalue weighted by Crippen LogP contribution is 2.19. The van der Waals surface area contributed by atoms with Gasteiger partial charge < -0.3 is 10.2 Å². The summed E-state index contributed by atoms with van der Waals surface area (Å²) in [6.45, 7) is 11.4. The molecule has 0 saturated carbocycles. The van der Waals surface area contributed by atoms with E-state index >= 15 is 0 Å². The minimum absolute atomic E-state index is 0.308. The van der Waals surface area contributed by atoms with E-state index in [1.54, 1.807) is 6.26 Å². The van der Waals surface area contributed by atoms with Gasteiger partial charge in [0, 0.05) is 34.9 Å². The minimum atomic E-state index is -0.686. The van der Waals surface area contributed by atoms with E-state index in [0.717, 1.165) is 18.9 Å². The number of likely N-dealkylation sites (tertiary alicyclic amines) is 1. The first kappa shape index (κ1) is 17.1. The van der Waals surface area contributed by atoms with Gasteiger partial charge in [0.2, 0.25) is 0 Å². The molecule has 1 N–H and O–H groups in total. The molecule has 114 valence electrons. The number of nitrogens with zero attached hydrogens (tertiary/aromatic N) is 1. The van der Waals surface area contributed by atoms with Gasteiger partial charge in [-0.3, -0.25) is 4.21 Å². The molecular formula is C15H32N2OS. The zero-order valence-corrected chi connectivity index (χ0v) is 14.0. The van der Waals surface area contributed by atoms with Gasteiger partial charge in [-0.2, -0.15) is 0 Å². The minimum Gasteiger partial charge on any atom is -0.314 e. The topological polar surface area (TPSA) is 32.3 Å². The van der Waals surface area contributed by atoms with E-state index in [1.807, 2.05) is 0 Å². The molecule has 4 heteroatoms. The van der Waals surface area contributed by atoms with Crippen LogP contribution in [0.2, 0.25) is 0 Å². The Morgan fingerprint density at radius 2 is 2.16 bits per heavy atom. The highest BCUT2D eigenvalue weighted by Gasteiger charge is 2.23. The van der Waals surface area contributed by atoms with Crippen molar-refractivity contribution in [1.29, 1.82) is 0 Å². The Balaban J connectivity index is 2.24. The fourth-order valence-corrected chi connectivity index (χ4v) is 3.32. The Morgan fingerprint density at radius 1 is 1.42 bits per heavy atom. The van der Waals surface area contributed by atoms with Crippen molar-refractivity contribution < 1.29 is 4.21 Å². The van der Waals surface area contributed by atoms with Crippen molar-refractivity contribution in [2.45, 2.75) is 57.7 Å². The number of rotatable bonds is 8. The van der Waals surface area contributed by atoms with Gasteiger partial charge in [0.1, 0.15) is 0 Å². The van der Waals surface area contributed by atoms with Crippen molar-refractivity contribution in [2.24, 2.45) is 5.92 Å². The zero-order chi connectivity index (χ0) is 14.3. The molecule has 0 aliphatic carbocycles. The van der Waals surface area contributed by atoms with Crippen LogP contribution in [0.1, 0.15) is 46.5 Å². The molecule has 0 bridgehead atoms. The molecule has 0 aromatic rings. The predicted molar refractivity (Wildman–Crippen MR) is 85.1 cm³/mol. The third kappa shape index (κ3) is 6.37. The van der Waals surface area contributed by atoms with Crippen LogP contribution in [0.15, 0.2) is 0 Å². The lowest BCUT2D eigenvalue weighted by Gasteiger charge is -2.36. The van der Waals surface area contributed by atoms with Crippen LogP contribution in [0.25, 0.3) is 0 Å². The summed E-state index contributed by atoms with van der Waals surface area (Å²) in [5.41, 5.74) is 0. The summed E-state index contributed by atoms with van der Waals surface area (Å²) in [6, 6.07) is 0.581. The van der Waals surface area contributed by atoms with E-state index in [-0.39, 0.29) is 0 Å². The first-order valence-corrected chi connectivity index (χ1v) is 9.44. The molecule has 1 aliphatic heterocycles. The van der Waals surface area contributed by atoms with Gasteiger partial charge in [0.25, 0.3) is 0 Å². The Labute approximate surface area is 122 Å². The maximum atomic E-state index is 11.3.